The number of hydrogen-bond acceptors (Lipinski definition) is 5. The summed E-state index contributed by atoms with van der Waals surface area (Å²) in [7, 11) is -3.21. The summed E-state index contributed by atoms with van der Waals surface area (Å²) in [5.74, 6) is 2.67. The highest BCUT2D eigenvalue weighted by Gasteiger charge is 2.24. The van der Waals surface area contributed by atoms with Crippen LogP contribution in [-0.2, 0) is 10.0 Å². The van der Waals surface area contributed by atoms with Gasteiger partial charge in [-0.25, -0.2) is 12.7 Å². The average Bonchev–Trinajstić information content (AvgIpc) is 2.74. The van der Waals surface area contributed by atoms with Crippen LogP contribution in [0.15, 0.2) is 35.3 Å². The molecule has 1 aromatic carbocycles. The molecular formula is C19H32IN5O2S2. The zero-order valence-electron chi connectivity index (χ0n) is 17.0. The number of thioether (sulfide) groups is 1. The van der Waals surface area contributed by atoms with Gasteiger partial charge in [-0.15, -0.1) is 24.0 Å². The molecule has 2 heterocycles. The molecule has 0 aromatic heterocycles. The van der Waals surface area contributed by atoms with E-state index in [4.69, 9.17) is 0 Å². The Bertz CT molecular complexity index is 734. The molecule has 10 heteroatoms. The number of piperazine rings is 1. The first kappa shape index (κ1) is 24.5. The standard InChI is InChI=1S/C19H31N5O2S2.HI/c1-2-20-19(21-8-17-28(25,26)24-13-15-27-16-14-24)23-11-9-22(10-12-23)18-6-4-3-5-7-18;/h3-7H,2,8-17H2,1H3,(H,20,21);1H. The van der Waals surface area contributed by atoms with Gasteiger partial charge in [0.2, 0.25) is 10.0 Å². The Kier molecular flexibility index (Phi) is 10.3. The Balaban J connectivity index is 0.00000300. The number of para-hydroxylation sites is 1. The normalized spacial score (nSPS) is 19.0. The molecule has 0 amide bonds. The second-order valence-corrected chi connectivity index (χ2v) is 10.2. The van der Waals surface area contributed by atoms with Crippen LogP contribution in [0.2, 0.25) is 0 Å². The van der Waals surface area contributed by atoms with E-state index in [1.165, 1.54) is 5.69 Å². The summed E-state index contributed by atoms with van der Waals surface area (Å²) in [6.45, 7) is 7.96. The molecule has 0 unspecified atom stereocenters. The first-order valence-electron chi connectivity index (χ1n) is 9.99. The maximum absolute atomic E-state index is 12.5. The molecular weight excluding hydrogens is 521 g/mol. The van der Waals surface area contributed by atoms with Crippen LogP contribution in [0.4, 0.5) is 5.69 Å². The number of halogens is 1. The van der Waals surface area contributed by atoms with E-state index in [-0.39, 0.29) is 29.7 Å². The van der Waals surface area contributed by atoms with E-state index >= 15 is 0 Å². The molecule has 7 nitrogen and oxygen atoms in total. The SMILES string of the molecule is CCNC(=NCCS(=O)(=O)N1CCSCC1)N1CCN(c2ccccc2)CC1.I. The number of hydrogen-bond donors (Lipinski definition) is 1. The number of rotatable bonds is 6. The number of anilines is 1. The fraction of sp³-hybridized carbons (Fsp3) is 0.632. The lowest BCUT2D eigenvalue weighted by molar-refractivity contribution is 0.373. The van der Waals surface area contributed by atoms with Gasteiger partial charge in [-0.3, -0.25) is 4.99 Å². The zero-order chi connectivity index (χ0) is 19.8. The Hall–Kier alpha value is -0.720. The van der Waals surface area contributed by atoms with E-state index in [1.54, 1.807) is 4.31 Å². The third-order valence-electron chi connectivity index (χ3n) is 5.01. The number of guanidine groups is 1. The number of sulfonamides is 1. The molecule has 2 fully saturated rings. The summed E-state index contributed by atoms with van der Waals surface area (Å²) in [6.07, 6.45) is 0. The molecule has 29 heavy (non-hydrogen) atoms. The third kappa shape index (κ3) is 7.18. The first-order chi connectivity index (χ1) is 13.6. The predicted molar refractivity (Wildman–Crippen MR) is 134 cm³/mol. The summed E-state index contributed by atoms with van der Waals surface area (Å²) in [4.78, 5) is 9.22. The van der Waals surface area contributed by atoms with Gasteiger partial charge in [0.25, 0.3) is 0 Å². The van der Waals surface area contributed by atoms with Crippen molar-refractivity contribution in [2.45, 2.75) is 6.92 Å². The van der Waals surface area contributed by atoms with Gasteiger partial charge < -0.3 is 15.1 Å². The largest absolute Gasteiger partial charge is 0.368 e. The van der Waals surface area contributed by atoms with Crippen molar-refractivity contribution in [3.8, 4) is 0 Å². The monoisotopic (exact) mass is 553 g/mol. The van der Waals surface area contributed by atoms with Crippen LogP contribution in [0.3, 0.4) is 0 Å². The van der Waals surface area contributed by atoms with E-state index in [0.717, 1.165) is 50.2 Å². The molecule has 0 radical (unpaired) electrons. The van der Waals surface area contributed by atoms with Crippen molar-refractivity contribution < 1.29 is 8.42 Å². The molecule has 2 saturated heterocycles. The quantitative estimate of drug-likeness (QED) is 0.329. The molecule has 0 saturated carbocycles. The third-order valence-corrected chi connectivity index (χ3v) is 7.80. The Labute approximate surface area is 196 Å². The fourth-order valence-corrected chi connectivity index (χ4v) is 5.92. The fourth-order valence-electron chi connectivity index (χ4n) is 3.46. The van der Waals surface area contributed by atoms with E-state index in [9.17, 15) is 8.42 Å². The van der Waals surface area contributed by atoms with Crippen LogP contribution in [-0.4, -0.2) is 93.2 Å². The van der Waals surface area contributed by atoms with Crippen LogP contribution in [0.25, 0.3) is 0 Å². The summed E-state index contributed by atoms with van der Waals surface area (Å²) < 4.78 is 26.6. The first-order valence-corrected chi connectivity index (χ1v) is 12.8. The number of nitrogens with zero attached hydrogens (tertiary/aromatic N) is 4. The Morgan fingerprint density at radius 1 is 1.07 bits per heavy atom. The minimum absolute atomic E-state index is 0. The van der Waals surface area contributed by atoms with Gasteiger partial charge in [-0.05, 0) is 19.1 Å². The van der Waals surface area contributed by atoms with E-state index in [1.807, 2.05) is 24.8 Å². The van der Waals surface area contributed by atoms with Crippen molar-refractivity contribution in [2.24, 2.45) is 4.99 Å². The number of benzene rings is 1. The molecule has 0 bridgehead atoms. The zero-order valence-corrected chi connectivity index (χ0v) is 21.0. The van der Waals surface area contributed by atoms with Gasteiger partial charge in [0.05, 0.1) is 12.3 Å². The van der Waals surface area contributed by atoms with Crippen molar-refractivity contribution in [3.05, 3.63) is 30.3 Å². The molecule has 0 atom stereocenters. The lowest BCUT2D eigenvalue weighted by atomic mass is 10.2. The minimum atomic E-state index is -3.21. The number of aliphatic imine (C=N–C) groups is 1. The van der Waals surface area contributed by atoms with Crippen molar-refractivity contribution in [1.29, 1.82) is 0 Å². The van der Waals surface area contributed by atoms with E-state index < -0.39 is 10.0 Å². The van der Waals surface area contributed by atoms with Crippen LogP contribution in [0.1, 0.15) is 6.92 Å². The lowest BCUT2D eigenvalue weighted by Gasteiger charge is -2.37. The highest BCUT2D eigenvalue weighted by atomic mass is 127. The van der Waals surface area contributed by atoms with Gasteiger partial charge in [0.15, 0.2) is 5.96 Å². The van der Waals surface area contributed by atoms with Crippen LogP contribution >= 0.6 is 35.7 Å². The summed E-state index contributed by atoms with van der Waals surface area (Å²) >= 11 is 1.81. The van der Waals surface area contributed by atoms with Crippen molar-refractivity contribution in [1.82, 2.24) is 14.5 Å². The van der Waals surface area contributed by atoms with Gasteiger partial charge in [0.1, 0.15) is 0 Å². The highest BCUT2D eigenvalue weighted by Crippen LogP contribution is 2.16. The van der Waals surface area contributed by atoms with Gasteiger partial charge in [0, 0.05) is 63.0 Å². The summed E-state index contributed by atoms with van der Waals surface area (Å²) in [5.41, 5.74) is 1.25. The van der Waals surface area contributed by atoms with Gasteiger partial charge >= 0.3 is 0 Å². The van der Waals surface area contributed by atoms with Gasteiger partial charge in [-0.2, -0.15) is 11.8 Å². The molecule has 3 rings (SSSR count). The van der Waals surface area contributed by atoms with Crippen molar-refractivity contribution >= 4 is 57.4 Å². The summed E-state index contributed by atoms with van der Waals surface area (Å²) in [5, 5.41) is 3.32. The molecule has 0 spiro atoms. The van der Waals surface area contributed by atoms with E-state index in [2.05, 4.69) is 44.4 Å². The molecule has 2 aliphatic rings. The molecule has 2 aliphatic heterocycles. The van der Waals surface area contributed by atoms with E-state index in [0.29, 0.717) is 19.6 Å². The molecule has 164 valence electrons. The Morgan fingerprint density at radius 3 is 2.34 bits per heavy atom. The average molecular weight is 554 g/mol. The highest BCUT2D eigenvalue weighted by molar-refractivity contribution is 14.0. The molecule has 1 N–H and O–H groups in total. The Morgan fingerprint density at radius 2 is 1.72 bits per heavy atom. The summed E-state index contributed by atoms with van der Waals surface area (Å²) in [6, 6.07) is 10.4. The topological polar surface area (TPSA) is 68.2 Å². The maximum Gasteiger partial charge on any atom is 0.215 e. The lowest BCUT2D eigenvalue weighted by Crippen LogP contribution is -2.52. The van der Waals surface area contributed by atoms with Crippen LogP contribution in [0.5, 0.6) is 0 Å². The second kappa shape index (κ2) is 12.2. The maximum atomic E-state index is 12.5. The second-order valence-electron chi connectivity index (χ2n) is 6.87. The predicted octanol–water partition coefficient (Wildman–Crippen LogP) is 1.77. The molecule has 0 aliphatic carbocycles. The van der Waals surface area contributed by atoms with Gasteiger partial charge in [-0.1, -0.05) is 18.2 Å². The van der Waals surface area contributed by atoms with Crippen LogP contribution < -0.4 is 10.2 Å². The van der Waals surface area contributed by atoms with Crippen molar-refractivity contribution in [3.63, 3.8) is 0 Å². The van der Waals surface area contributed by atoms with Crippen molar-refractivity contribution in [2.75, 3.05) is 74.5 Å². The molecule has 1 aromatic rings. The minimum Gasteiger partial charge on any atom is -0.368 e. The smallest absolute Gasteiger partial charge is 0.215 e. The number of nitrogens with one attached hydrogen (secondary N) is 1. The van der Waals surface area contributed by atoms with Crippen LogP contribution in [0, 0.1) is 0 Å².